The first-order valence-electron chi connectivity index (χ1n) is 6.86. The molecular weight excluding hydrogens is 318 g/mol. The average molecular weight is 331 g/mol. The van der Waals surface area contributed by atoms with E-state index < -0.39 is 34.9 Å². The van der Waals surface area contributed by atoms with Crippen LogP contribution in [-0.4, -0.2) is 37.6 Å². The van der Waals surface area contributed by atoms with E-state index in [1.165, 1.54) is 18.2 Å². The van der Waals surface area contributed by atoms with Crippen LogP contribution in [0.1, 0.15) is 10.4 Å². The maximum absolute atomic E-state index is 12.5. The molecule has 2 aromatic carbocycles. The number of carbonyl (C=O) groups excluding carboxylic acids is 2. The van der Waals surface area contributed by atoms with Gasteiger partial charge in [-0.15, -0.1) is 0 Å². The Morgan fingerprint density at radius 1 is 1.04 bits per heavy atom. The summed E-state index contributed by atoms with van der Waals surface area (Å²) in [5.74, 6) is -0.748. The van der Waals surface area contributed by atoms with Crippen LogP contribution in [0.3, 0.4) is 0 Å². The van der Waals surface area contributed by atoms with Crippen molar-refractivity contribution in [3.05, 3.63) is 60.2 Å². The second-order valence-corrected chi connectivity index (χ2v) is 6.76. The van der Waals surface area contributed by atoms with Gasteiger partial charge < -0.3 is 4.74 Å². The molecule has 1 amide bonds. The molecule has 1 aliphatic rings. The molecule has 118 valence electrons. The number of ketones is 1. The number of rotatable bonds is 3. The number of para-hydroxylation sites is 1. The molecule has 2 aromatic rings. The van der Waals surface area contributed by atoms with Gasteiger partial charge in [-0.05, 0) is 24.3 Å². The number of sulfonamides is 1. The second kappa shape index (κ2) is 5.85. The first-order valence-corrected chi connectivity index (χ1v) is 8.30. The zero-order valence-corrected chi connectivity index (χ0v) is 12.8. The van der Waals surface area contributed by atoms with Gasteiger partial charge in [-0.1, -0.05) is 30.3 Å². The number of hydrogen-bond acceptors (Lipinski definition) is 5. The Morgan fingerprint density at radius 3 is 2.43 bits per heavy atom. The number of amides is 1. The number of Topliss-reactive ketones (excluding diaryl/α,β-unsaturated/α-hetero) is 1. The Morgan fingerprint density at radius 2 is 1.70 bits per heavy atom. The highest BCUT2D eigenvalue weighted by Crippen LogP contribution is 2.26. The van der Waals surface area contributed by atoms with Crippen molar-refractivity contribution < 1.29 is 22.7 Å². The summed E-state index contributed by atoms with van der Waals surface area (Å²) in [4.78, 5) is 24.1. The van der Waals surface area contributed by atoms with Crippen LogP contribution in [-0.2, 0) is 14.8 Å². The van der Waals surface area contributed by atoms with Gasteiger partial charge in [-0.2, -0.15) is 0 Å². The molecule has 0 aliphatic carbocycles. The fraction of sp³-hybridized carbons (Fsp3) is 0.125. The van der Waals surface area contributed by atoms with E-state index in [0.717, 1.165) is 0 Å². The molecular formula is C16H13NO5S. The molecule has 23 heavy (non-hydrogen) atoms. The summed E-state index contributed by atoms with van der Waals surface area (Å²) in [7, 11) is -4.04. The van der Waals surface area contributed by atoms with E-state index >= 15 is 0 Å². The van der Waals surface area contributed by atoms with Crippen molar-refractivity contribution in [1.29, 1.82) is 0 Å². The van der Waals surface area contributed by atoms with Gasteiger partial charge in [-0.3, -0.25) is 9.59 Å². The lowest BCUT2D eigenvalue weighted by molar-refractivity contribution is -0.128. The van der Waals surface area contributed by atoms with E-state index in [1.54, 1.807) is 36.4 Å². The van der Waals surface area contributed by atoms with Crippen LogP contribution in [0.25, 0.3) is 0 Å². The second-order valence-electron chi connectivity index (χ2n) is 4.93. The Kier molecular flexibility index (Phi) is 3.87. The zero-order chi connectivity index (χ0) is 16.4. The van der Waals surface area contributed by atoms with Gasteiger partial charge >= 0.3 is 0 Å². The molecule has 0 atom stereocenters. The summed E-state index contributed by atoms with van der Waals surface area (Å²) in [5.41, 5.74) is 0.112. The van der Waals surface area contributed by atoms with Gasteiger partial charge in [0.15, 0.2) is 12.4 Å². The number of hydrogen-bond donors (Lipinski definition) is 0. The molecule has 7 heteroatoms. The summed E-state index contributed by atoms with van der Waals surface area (Å²) < 4.78 is 30.8. The van der Waals surface area contributed by atoms with Gasteiger partial charge in [0.1, 0.15) is 12.3 Å². The Balaban J connectivity index is 1.83. The molecule has 0 unspecified atom stereocenters. The van der Waals surface area contributed by atoms with Crippen LogP contribution in [0, 0.1) is 0 Å². The highest BCUT2D eigenvalue weighted by molar-refractivity contribution is 7.89. The van der Waals surface area contributed by atoms with E-state index in [9.17, 15) is 18.0 Å². The normalized spacial score (nSPS) is 15.8. The zero-order valence-electron chi connectivity index (χ0n) is 12.0. The monoisotopic (exact) mass is 331 g/mol. The first-order chi connectivity index (χ1) is 11.0. The van der Waals surface area contributed by atoms with Crippen LogP contribution in [0.5, 0.6) is 5.75 Å². The van der Waals surface area contributed by atoms with Crippen molar-refractivity contribution in [3.63, 3.8) is 0 Å². The third-order valence-electron chi connectivity index (χ3n) is 3.43. The maximum Gasteiger partial charge on any atom is 0.274 e. The van der Waals surface area contributed by atoms with Crippen molar-refractivity contribution in [1.82, 2.24) is 4.31 Å². The molecule has 6 nitrogen and oxygen atoms in total. The largest absolute Gasteiger partial charge is 0.484 e. The average Bonchev–Trinajstić information content (AvgIpc) is 2.57. The van der Waals surface area contributed by atoms with Crippen LogP contribution in [0.2, 0.25) is 0 Å². The molecule has 0 N–H and O–H groups in total. The van der Waals surface area contributed by atoms with Crippen LogP contribution in [0.15, 0.2) is 59.5 Å². The van der Waals surface area contributed by atoms with Crippen molar-refractivity contribution in [2.75, 3.05) is 13.2 Å². The molecule has 0 spiro atoms. The van der Waals surface area contributed by atoms with Crippen LogP contribution >= 0.6 is 0 Å². The van der Waals surface area contributed by atoms with E-state index in [-0.39, 0.29) is 10.5 Å². The maximum atomic E-state index is 12.5. The van der Waals surface area contributed by atoms with Gasteiger partial charge in [0.2, 0.25) is 0 Å². The van der Waals surface area contributed by atoms with Crippen LogP contribution in [0.4, 0.5) is 0 Å². The molecule has 1 aliphatic heterocycles. The lowest BCUT2D eigenvalue weighted by Crippen LogP contribution is -2.46. The van der Waals surface area contributed by atoms with Crippen LogP contribution < -0.4 is 4.74 Å². The SMILES string of the molecule is O=C1CN(C(=O)COc2ccccc2)S(=O)(=O)c2ccccc21. The summed E-state index contributed by atoms with van der Waals surface area (Å²) in [6.45, 7) is -0.963. The molecule has 3 rings (SSSR count). The van der Waals surface area contributed by atoms with E-state index in [1.807, 2.05) is 0 Å². The predicted molar refractivity (Wildman–Crippen MR) is 81.6 cm³/mol. The van der Waals surface area contributed by atoms with Crippen molar-refractivity contribution in [2.45, 2.75) is 4.90 Å². The highest BCUT2D eigenvalue weighted by atomic mass is 32.2. The first kappa shape index (κ1) is 15.2. The number of nitrogens with zero attached hydrogens (tertiary/aromatic N) is 1. The third kappa shape index (κ3) is 2.83. The van der Waals surface area contributed by atoms with Gasteiger partial charge in [0, 0.05) is 5.56 Å². The van der Waals surface area contributed by atoms with Crippen molar-refractivity contribution in [3.8, 4) is 5.75 Å². The van der Waals surface area contributed by atoms with E-state index in [4.69, 9.17) is 4.74 Å². The number of benzene rings is 2. The number of ether oxygens (including phenoxy) is 1. The Hall–Kier alpha value is -2.67. The standard InChI is InChI=1S/C16H13NO5S/c18-14-10-17(16(19)11-22-12-6-2-1-3-7-12)23(20,21)15-9-5-4-8-13(14)15/h1-9H,10-11H2. The predicted octanol–water partition coefficient (Wildman–Crippen LogP) is 1.48. The van der Waals surface area contributed by atoms with Crippen molar-refractivity contribution >= 4 is 21.7 Å². The minimum Gasteiger partial charge on any atom is -0.484 e. The Labute approximate surface area is 133 Å². The molecule has 0 fully saturated rings. The smallest absolute Gasteiger partial charge is 0.274 e. The summed E-state index contributed by atoms with van der Waals surface area (Å²) in [5, 5.41) is 0. The molecule has 0 saturated heterocycles. The summed E-state index contributed by atoms with van der Waals surface area (Å²) in [6.07, 6.45) is 0. The highest BCUT2D eigenvalue weighted by Gasteiger charge is 2.38. The third-order valence-corrected chi connectivity index (χ3v) is 5.25. The lowest BCUT2D eigenvalue weighted by Gasteiger charge is -2.27. The lowest BCUT2D eigenvalue weighted by atomic mass is 10.1. The minimum atomic E-state index is -4.04. The topological polar surface area (TPSA) is 80.8 Å². The molecule has 0 saturated carbocycles. The molecule has 0 bridgehead atoms. The fourth-order valence-corrected chi connectivity index (χ4v) is 3.85. The van der Waals surface area contributed by atoms with E-state index in [2.05, 4.69) is 0 Å². The van der Waals surface area contributed by atoms with E-state index in [0.29, 0.717) is 10.1 Å². The quantitative estimate of drug-likeness (QED) is 0.851. The molecule has 0 aromatic heterocycles. The van der Waals surface area contributed by atoms with Crippen molar-refractivity contribution in [2.24, 2.45) is 0 Å². The van der Waals surface area contributed by atoms with Gasteiger partial charge in [-0.25, -0.2) is 12.7 Å². The number of fused-ring (bicyclic) bond motifs is 1. The van der Waals surface area contributed by atoms with Gasteiger partial charge in [0.25, 0.3) is 15.9 Å². The number of carbonyl (C=O) groups is 2. The fourth-order valence-electron chi connectivity index (χ4n) is 2.30. The Bertz CT molecular complexity index is 861. The summed E-state index contributed by atoms with van der Waals surface area (Å²) >= 11 is 0. The minimum absolute atomic E-state index is 0.112. The molecule has 0 radical (unpaired) electrons. The summed E-state index contributed by atoms with van der Waals surface area (Å²) in [6, 6.07) is 14.4. The van der Waals surface area contributed by atoms with Gasteiger partial charge in [0.05, 0.1) is 4.90 Å². The molecule has 1 heterocycles.